The summed E-state index contributed by atoms with van der Waals surface area (Å²) < 4.78 is 0. The smallest absolute Gasteiger partial charge is 0.226 e. The van der Waals surface area contributed by atoms with Gasteiger partial charge in [0.2, 0.25) is 5.91 Å². The second kappa shape index (κ2) is 5.82. The van der Waals surface area contributed by atoms with Gasteiger partial charge in [0.05, 0.1) is 6.42 Å². The largest absolute Gasteiger partial charge is 0.376 e. The average molecular weight is 263 g/mol. The molecule has 0 aromatic heterocycles. The molecule has 1 aliphatic heterocycles. The fraction of sp³-hybridized carbons (Fsp3) is 0.385. The second-order valence-electron chi connectivity index (χ2n) is 4.45. The van der Waals surface area contributed by atoms with Gasteiger partial charge in [0.1, 0.15) is 0 Å². The van der Waals surface area contributed by atoms with Crippen LogP contribution in [0.3, 0.4) is 0 Å². The summed E-state index contributed by atoms with van der Waals surface area (Å²) in [7, 11) is 0. The highest BCUT2D eigenvalue weighted by atomic mass is 32.1. The number of carbonyl (C=O) groups is 1. The molecule has 0 unspecified atom stereocenters. The third-order valence-corrected chi connectivity index (χ3v) is 3.14. The van der Waals surface area contributed by atoms with E-state index in [1.807, 2.05) is 29.2 Å². The van der Waals surface area contributed by atoms with E-state index in [2.05, 4.69) is 5.32 Å². The molecule has 0 aliphatic carbocycles. The number of hydrogen-bond donors (Lipinski definition) is 2. The van der Waals surface area contributed by atoms with Crippen molar-refractivity contribution in [3.05, 3.63) is 29.8 Å². The third-order valence-electron chi connectivity index (χ3n) is 3.04. The van der Waals surface area contributed by atoms with Gasteiger partial charge in [0.25, 0.3) is 0 Å². The quantitative estimate of drug-likeness (QED) is 0.812. The van der Waals surface area contributed by atoms with E-state index >= 15 is 0 Å². The number of nitrogens with one attached hydrogen (secondary N) is 1. The van der Waals surface area contributed by atoms with Gasteiger partial charge in [-0.05, 0) is 42.8 Å². The SMILES string of the molecule is NC(=S)Nc1ccc(CC(=O)N2CCCC2)cc1. The number of nitrogens with two attached hydrogens (primary N) is 1. The first kappa shape index (κ1) is 12.8. The van der Waals surface area contributed by atoms with Crippen LogP contribution in [-0.2, 0) is 11.2 Å². The summed E-state index contributed by atoms with van der Waals surface area (Å²) >= 11 is 4.76. The molecular weight excluding hydrogens is 246 g/mol. The van der Waals surface area contributed by atoms with E-state index in [1.165, 1.54) is 0 Å². The number of hydrogen-bond acceptors (Lipinski definition) is 2. The van der Waals surface area contributed by atoms with Crippen LogP contribution in [0.2, 0.25) is 0 Å². The zero-order valence-electron chi connectivity index (χ0n) is 10.2. The Kier molecular flexibility index (Phi) is 4.15. The van der Waals surface area contributed by atoms with E-state index < -0.39 is 0 Å². The van der Waals surface area contributed by atoms with Crippen molar-refractivity contribution in [3.8, 4) is 0 Å². The van der Waals surface area contributed by atoms with Crippen molar-refractivity contribution in [2.75, 3.05) is 18.4 Å². The summed E-state index contributed by atoms with van der Waals surface area (Å²) in [5.41, 5.74) is 7.25. The Morgan fingerprint density at radius 2 is 1.89 bits per heavy atom. The van der Waals surface area contributed by atoms with Crippen LogP contribution >= 0.6 is 12.2 Å². The second-order valence-corrected chi connectivity index (χ2v) is 4.89. The molecule has 1 heterocycles. The summed E-state index contributed by atoms with van der Waals surface area (Å²) in [6, 6.07) is 7.61. The van der Waals surface area contributed by atoms with Crippen LogP contribution in [0, 0.1) is 0 Å². The molecule has 0 radical (unpaired) electrons. The zero-order chi connectivity index (χ0) is 13.0. The minimum Gasteiger partial charge on any atom is -0.376 e. The Labute approximate surface area is 112 Å². The summed E-state index contributed by atoms with van der Waals surface area (Å²) in [6.07, 6.45) is 2.72. The third kappa shape index (κ3) is 3.43. The molecule has 1 saturated heterocycles. The van der Waals surface area contributed by atoms with Crippen molar-refractivity contribution in [3.63, 3.8) is 0 Å². The molecule has 18 heavy (non-hydrogen) atoms. The van der Waals surface area contributed by atoms with E-state index in [1.54, 1.807) is 0 Å². The lowest BCUT2D eigenvalue weighted by atomic mass is 10.1. The summed E-state index contributed by atoms with van der Waals surface area (Å²) in [5.74, 6) is 0.211. The Morgan fingerprint density at radius 3 is 2.44 bits per heavy atom. The molecule has 1 aromatic rings. The van der Waals surface area contributed by atoms with Gasteiger partial charge in [-0.2, -0.15) is 0 Å². The summed E-state index contributed by atoms with van der Waals surface area (Å²) in [6.45, 7) is 1.81. The van der Waals surface area contributed by atoms with Gasteiger partial charge in [-0.25, -0.2) is 0 Å². The van der Waals surface area contributed by atoms with Gasteiger partial charge < -0.3 is 16.0 Å². The van der Waals surface area contributed by atoms with Crippen molar-refractivity contribution in [1.82, 2.24) is 4.90 Å². The van der Waals surface area contributed by atoms with Crippen molar-refractivity contribution in [2.45, 2.75) is 19.3 Å². The zero-order valence-corrected chi connectivity index (χ0v) is 11.0. The molecule has 0 saturated carbocycles. The maximum absolute atomic E-state index is 11.9. The number of nitrogens with zero attached hydrogens (tertiary/aromatic N) is 1. The highest BCUT2D eigenvalue weighted by Crippen LogP contribution is 2.13. The molecule has 2 rings (SSSR count). The first-order valence-corrected chi connectivity index (χ1v) is 6.49. The number of amides is 1. The Hall–Kier alpha value is -1.62. The Bertz CT molecular complexity index is 438. The number of thiocarbonyl (C=S) groups is 1. The molecule has 1 amide bonds. The summed E-state index contributed by atoms with van der Waals surface area (Å²) in [4.78, 5) is 13.9. The maximum atomic E-state index is 11.9. The van der Waals surface area contributed by atoms with E-state index in [0.717, 1.165) is 37.2 Å². The lowest BCUT2D eigenvalue weighted by Crippen LogP contribution is -2.29. The van der Waals surface area contributed by atoms with Gasteiger partial charge in [-0.15, -0.1) is 0 Å². The van der Waals surface area contributed by atoms with Crippen molar-refractivity contribution in [2.24, 2.45) is 5.73 Å². The molecule has 96 valence electrons. The van der Waals surface area contributed by atoms with Crippen molar-refractivity contribution < 1.29 is 4.79 Å². The van der Waals surface area contributed by atoms with Crippen LogP contribution < -0.4 is 11.1 Å². The fourth-order valence-electron chi connectivity index (χ4n) is 2.10. The molecule has 4 nitrogen and oxygen atoms in total. The maximum Gasteiger partial charge on any atom is 0.226 e. The molecule has 0 spiro atoms. The number of likely N-dealkylation sites (tertiary alicyclic amines) is 1. The topological polar surface area (TPSA) is 58.4 Å². The number of benzene rings is 1. The molecule has 1 fully saturated rings. The first-order valence-electron chi connectivity index (χ1n) is 6.08. The molecule has 1 aromatic carbocycles. The molecule has 3 N–H and O–H groups in total. The predicted molar refractivity (Wildman–Crippen MR) is 76.4 cm³/mol. The van der Waals surface area contributed by atoms with Crippen LogP contribution in [-0.4, -0.2) is 29.0 Å². The molecule has 0 atom stereocenters. The van der Waals surface area contributed by atoms with Gasteiger partial charge in [0.15, 0.2) is 5.11 Å². The Balaban J connectivity index is 1.93. The van der Waals surface area contributed by atoms with E-state index in [4.69, 9.17) is 18.0 Å². The molecule has 5 heteroatoms. The highest BCUT2D eigenvalue weighted by molar-refractivity contribution is 7.80. The van der Waals surface area contributed by atoms with Gasteiger partial charge >= 0.3 is 0 Å². The molecule has 0 bridgehead atoms. The normalized spacial score (nSPS) is 14.6. The van der Waals surface area contributed by atoms with Crippen LogP contribution in [0.1, 0.15) is 18.4 Å². The number of anilines is 1. The van der Waals surface area contributed by atoms with E-state index in [9.17, 15) is 4.79 Å². The lowest BCUT2D eigenvalue weighted by molar-refractivity contribution is -0.129. The Morgan fingerprint density at radius 1 is 1.28 bits per heavy atom. The fourth-order valence-corrected chi connectivity index (χ4v) is 2.22. The number of rotatable bonds is 3. The van der Waals surface area contributed by atoms with Gasteiger partial charge in [0, 0.05) is 18.8 Å². The van der Waals surface area contributed by atoms with Crippen LogP contribution in [0.15, 0.2) is 24.3 Å². The standard InChI is InChI=1S/C13H17N3OS/c14-13(18)15-11-5-3-10(4-6-11)9-12(17)16-7-1-2-8-16/h3-6H,1-2,7-9H2,(H3,14,15,18). The highest BCUT2D eigenvalue weighted by Gasteiger charge is 2.17. The monoisotopic (exact) mass is 263 g/mol. The van der Waals surface area contributed by atoms with Crippen molar-refractivity contribution >= 4 is 28.9 Å². The predicted octanol–water partition coefficient (Wildman–Crippen LogP) is 1.51. The van der Waals surface area contributed by atoms with E-state index in [-0.39, 0.29) is 11.0 Å². The van der Waals surface area contributed by atoms with Gasteiger partial charge in [-0.1, -0.05) is 12.1 Å². The van der Waals surface area contributed by atoms with Gasteiger partial charge in [-0.3, -0.25) is 4.79 Å². The number of carbonyl (C=O) groups excluding carboxylic acids is 1. The van der Waals surface area contributed by atoms with Crippen molar-refractivity contribution in [1.29, 1.82) is 0 Å². The molecule has 1 aliphatic rings. The molecular formula is C13H17N3OS. The first-order chi connectivity index (χ1) is 8.65. The van der Waals surface area contributed by atoms with Crippen LogP contribution in [0.25, 0.3) is 0 Å². The minimum absolute atomic E-state index is 0.211. The van der Waals surface area contributed by atoms with Crippen LogP contribution in [0.4, 0.5) is 5.69 Å². The lowest BCUT2D eigenvalue weighted by Gasteiger charge is -2.15. The minimum atomic E-state index is 0.211. The van der Waals surface area contributed by atoms with E-state index in [0.29, 0.717) is 6.42 Å². The average Bonchev–Trinajstić information content (AvgIpc) is 2.84. The van der Waals surface area contributed by atoms with Crippen LogP contribution in [0.5, 0.6) is 0 Å². The summed E-state index contributed by atoms with van der Waals surface area (Å²) in [5, 5.41) is 3.10.